The number of aryl methyl sites for hydroxylation is 1. The van der Waals surface area contributed by atoms with Gasteiger partial charge in [0.05, 0.1) is 11.4 Å². The molecule has 0 unspecified atom stereocenters. The highest BCUT2D eigenvalue weighted by Gasteiger charge is 2.29. The Morgan fingerprint density at radius 2 is 1.75 bits per heavy atom. The van der Waals surface area contributed by atoms with Crippen molar-refractivity contribution in [2.45, 2.75) is 11.8 Å². The Morgan fingerprint density at radius 1 is 1.04 bits per heavy atom. The minimum absolute atomic E-state index is 0.204. The topological polar surface area (TPSA) is 79.0 Å². The van der Waals surface area contributed by atoms with Crippen LogP contribution in [-0.4, -0.2) is 63.0 Å². The molecule has 0 atom stereocenters. The predicted molar refractivity (Wildman–Crippen MR) is 107 cm³/mol. The molecule has 7 nitrogen and oxygen atoms in total. The third-order valence-corrected chi connectivity index (χ3v) is 6.46. The molecule has 1 aliphatic rings. The molecule has 28 heavy (non-hydrogen) atoms. The molecule has 1 fully saturated rings. The fourth-order valence-electron chi connectivity index (χ4n) is 3.02. The van der Waals surface area contributed by atoms with Crippen LogP contribution in [0, 0.1) is 6.92 Å². The highest BCUT2D eigenvalue weighted by atomic mass is 32.2. The fourth-order valence-corrected chi connectivity index (χ4v) is 4.46. The zero-order valence-corrected chi connectivity index (χ0v) is 16.7. The van der Waals surface area contributed by atoms with Crippen LogP contribution in [0.2, 0.25) is 0 Å². The van der Waals surface area contributed by atoms with Crippen LogP contribution in [0.15, 0.2) is 59.5 Å². The summed E-state index contributed by atoms with van der Waals surface area (Å²) >= 11 is 0. The molecule has 0 spiro atoms. The Balaban J connectivity index is 1.42. The van der Waals surface area contributed by atoms with Crippen molar-refractivity contribution in [1.29, 1.82) is 0 Å². The number of nitrogens with zero attached hydrogens (tertiary/aromatic N) is 2. The first-order valence-corrected chi connectivity index (χ1v) is 10.7. The van der Waals surface area contributed by atoms with Gasteiger partial charge in [0.15, 0.2) is 0 Å². The Morgan fingerprint density at radius 3 is 2.43 bits per heavy atom. The van der Waals surface area contributed by atoms with Gasteiger partial charge < -0.3 is 15.0 Å². The SMILES string of the molecule is Cc1cccc(OCCNC(=O)N2CCN(S(=O)(=O)c3ccccc3)CC2)c1. The van der Waals surface area contributed by atoms with Crippen molar-refractivity contribution in [2.24, 2.45) is 0 Å². The maximum absolute atomic E-state index is 12.6. The average molecular weight is 404 g/mol. The summed E-state index contributed by atoms with van der Waals surface area (Å²) in [5.41, 5.74) is 1.12. The van der Waals surface area contributed by atoms with E-state index in [9.17, 15) is 13.2 Å². The molecule has 8 heteroatoms. The standard InChI is InChI=1S/C20H25N3O4S/c1-17-6-5-7-18(16-17)27-15-10-21-20(24)22-11-13-23(14-12-22)28(25,26)19-8-3-2-4-9-19/h2-9,16H,10-15H2,1H3,(H,21,24). The largest absolute Gasteiger partial charge is 0.492 e. The minimum atomic E-state index is -3.51. The van der Waals surface area contributed by atoms with Gasteiger partial charge in [-0.25, -0.2) is 13.2 Å². The zero-order valence-electron chi connectivity index (χ0n) is 15.9. The third kappa shape index (κ3) is 5.02. The number of amides is 2. The van der Waals surface area contributed by atoms with E-state index in [1.54, 1.807) is 35.2 Å². The summed E-state index contributed by atoms with van der Waals surface area (Å²) in [6.07, 6.45) is 0. The molecule has 1 aliphatic heterocycles. The van der Waals surface area contributed by atoms with Crippen molar-refractivity contribution in [3.63, 3.8) is 0 Å². The molecular formula is C20H25N3O4S. The summed E-state index contributed by atoms with van der Waals surface area (Å²) in [5, 5.41) is 2.82. The van der Waals surface area contributed by atoms with Gasteiger partial charge in [-0.2, -0.15) is 4.31 Å². The molecule has 2 aromatic rings. The monoisotopic (exact) mass is 403 g/mol. The van der Waals surface area contributed by atoms with Crippen LogP contribution in [0.25, 0.3) is 0 Å². The lowest BCUT2D eigenvalue weighted by atomic mass is 10.2. The summed E-state index contributed by atoms with van der Waals surface area (Å²) in [7, 11) is -3.51. The van der Waals surface area contributed by atoms with E-state index in [0.29, 0.717) is 26.2 Å². The van der Waals surface area contributed by atoms with E-state index in [1.165, 1.54) is 4.31 Å². The van der Waals surface area contributed by atoms with Crippen molar-refractivity contribution in [2.75, 3.05) is 39.3 Å². The highest BCUT2D eigenvalue weighted by molar-refractivity contribution is 7.89. The molecule has 0 radical (unpaired) electrons. The number of hydrogen-bond acceptors (Lipinski definition) is 4. The number of hydrogen-bond donors (Lipinski definition) is 1. The molecule has 0 aliphatic carbocycles. The van der Waals surface area contributed by atoms with Crippen molar-refractivity contribution in [3.05, 3.63) is 60.2 Å². The van der Waals surface area contributed by atoms with E-state index in [1.807, 2.05) is 31.2 Å². The Labute approximate surface area is 166 Å². The maximum atomic E-state index is 12.6. The first-order valence-electron chi connectivity index (χ1n) is 9.24. The lowest BCUT2D eigenvalue weighted by molar-refractivity contribution is 0.170. The summed E-state index contributed by atoms with van der Waals surface area (Å²) < 4.78 is 32.3. The van der Waals surface area contributed by atoms with Crippen molar-refractivity contribution < 1.29 is 17.9 Å². The van der Waals surface area contributed by atoms with Crippen molar-refractivity contribution in [1.82, 2.24) is 14.5 Å². The molecule has 2 amide bonds. The molecule has 0 aromatic heterocycles. The molecule has 1 N–H and O–H groups in total. The highest BCUT2D eigenvalue weighted by Crippen LogP contribution is 2.17. The number of urea groups is 1. The van der Waals surface area contributed by atoms with Gasteiger partial charge in [-0.3, -0.25) is 0 Å². The van der Waals surface area contributed by atoms with Gasteiger partial charge in [0, 0.05) is 26.2 Å². The smallest absolute Gasteiger partial charge is 0.317 e. The molecule has 0 bridgehead atoms. The van der Waals surface area contributed by atoms with Crippen LogP contribution in [0.1, 0.15) is 5.56 Å². The van der Waals surface area contributed by atoms with Crippen LogP contribution in [0.5, 0.6) is 5.75 Å². The van der Waals surface area contributed by atoms with Gasteiger partial charge in [-0.05, 0) is 36.8 Å². The minimum Gasteiger partial charge on any atom is -0.492 e. The molecule has 2 aromatic carbocycles. The Bertz CT molecular complexity index is 895. The van der Waals surface area contributed by atoms with E-state index in [-0.39, 0.29) is 24.0 Å². The van der Waals surface area contributed by atoms with Gasteiger partial charge in [0.2, 0.25) is 10.0 Å². The molecule has 1 heterocycles. The third-order valence-electron chi connectivity index (χ3n) is 4.54. The van der Waals surface area contributed by atoms with Crippen LogP contribution in [0.4, 0.5) is 4.79 Å². The lowest BCUT2D eigenvalue weighted by Gasteiger charge is -2.34. The Hall–Kier alpha value is -2.58. The number of sulfonamides is 1. The predicted octanol–water partition coefficient (Wildman–Crippen LogP) is 2.09. The van der Waals surface area contributed by atoms with Gasteiger partial charge in [0.25, 0.3) is 0 Å². The van der Waals surface area contributed by atoms with Crippen molar-refractivity contribution >= 4 is 16.1 Å². The van der Waals surface area contributed by atoms with Crippen molar-refractivity contribution in [3.8, 4) is 5.75 Å². The molecule has 0 saturated carbocycles. The van der Waals surface area contributed by atoms with Crippen LogP contribution in [0.3, 0.4) is 0 Å². The molecule has 1 saturated heterocycles. The number of piperazine rings is 1. The summed E-state index contributed by atoms with van der Waals surface area (Å²) in [5.74, 6) is 0.772. The first-order chi connectivity index (χ1) is 13.5. The van der Waals surface area contributed by atoms with E-state index >= 15 is 0 Å². The number of ether oxygens (including phenoxy) is 1. The Kier molecular flexibility index (Phi) is 6.53. The van der Waals surface area contributed by atoms with E-state index in [4.69, 9.17) is 4.74 Å². The number of rotatable bonds is 6. The summed E-state index contributed by atoms with van der Waals surface area (Å²) in [4.78, 5) is 14.2. The fraction of sp³-hybridized carbons (Fsp3) is 0.350. The summed E-state index contributed by atoms with van der Waals surface area (Å²) in [6.45, 7) is 4.03. The number of benzene rings is 2. The van der Waals surface area contributed by atoms with Crippen LogP contribution < -0.4 is 10.1 Å². The van der Waals surface area contributed by atoms with Gasteiger partial charge in [-0.1, -0.05) is 30.3 Å². The van der Waals surface area contributed by atoms with Crippen LogP contribution in [-0.2, 0) is 10.0 Å². The summed E-state index contributed by atoms with van der Waals surface area (Å²) in [6, 6.07) is 15.9. The normalized spacial score (nSPS) is 15.2. The second-order valence-electron chi connectivity index (χ2n) is 6.60. The van der Waals surface area contributed by atoms with Crippen LogP contribution >= 0.6 is 0 Å². The average Bonchev–Trinajstić information content (AvgIpc) is 2.72. The quantitative estimate of drug-likeness (QED) is 0.749. The lowest BCUT2D eigenvalue weighted by Crippen LogP contribution is -2.53. The van der Waals surface area contributed by atoms with Gasteiger partial charge in [0.1, 0.15) is 12.4 Å². The second kappa shape index (κ2) is 9.07. The number of carbonyl (C=O) groups is 1. The zero-order chi connectivity index (χ0) is 20.0. The first kappa shape index (κ1) is 20.2. The van der Waals surface area contributed by atoms with E-state index < -0.39 is 10.0 Å². The van der Waals surface area contributed by atoms with E-state index in [0.717, 1.165) is 11.3 Å². The molecule has 3 rings (SSSR count). The molecule has 150 valence electrons. The molecular weight excluding hydrogens is 378 g/mol. The van der Waals surface area contributed by atoms with E-state index in [2.05, 4.69) is 5.32 Å². The van der Waals surface area contributed by atoms with Gasteiger partial charge >= 0.3 is 6.03 Å². The maximum Gasteiger partial charge on any atom is 0.317 e. The second-order valence-corrected chi connectivity index (χ2v) is 8.54. The van der Waals surface area contributed by atoms with Gasteiger partial charge in [-0.15, -0.1) is 0 Å². The number of nitrogens with one attached hydrogen (secondary N) is 1. The number of carbonyl (C=O) groups excluding carboxylic acids is 1.